The highest BCUT2D eigenvalue weighted by molar-refractivity contribution is 6.17. The van der Waals surface area contributed by atoms with E-state index in [0.717, 1.165) is 12.8 Å². The van der Waals surface area contributed by atoms with E-state index < -0.39 is 5.97 Å². The number of alkyl halides is 1. The highest BCUT2D eigenvalue weighted by atomic mass is 35.5. The Morgan fingerprint density at radius 1 is 1.11 bits per heavy atom. The van der Waals surface area contributed by atoms with E-state index in [9.17, 15) is 14.4 Å². The number of unbranched alkanes of at least 4 members (excludes halogenated alkanes) is 1. The van der Waals surface area contributed by atoms with Gasteiger partial charge in [-0.05, 0) is 62.6 Å². The summed E-state index contributed by atoms with van der Waals surface area (Å²) in [6, 6.07) is 14.3. The largest absolute Gasteiger partial charge is 0.494 e. The van der Waals surface area contributed by atoms with Gasteiger partial charge in [0.25, 0.3) is 5.91 Å². The molecule has 194 valence electrons. The van der Waals surface area contributed by atoms with Gasteiger partial charge < -0.3 is 19.7 Å². The molecule has 0 unspecified atom stereocenters. The molecule has 2 aromatic carbocycles. The Kier molecular flexibility index (Phi) is 8.45. The zero-order valence-corrected chi connectivity index (χ0v) is 21.6. The highest BCUT2D eigenvalue weighted by Gasteiger charge is 2.36. The second kappa shape index (κ2) is 11.9. The molecule has 0 radical (unpaired) electrons. The van der Waals surface area contributed by atoms with Crippen molar-refractivity contribution < 1.29 is 23.9 Å². The topological polar surface area (TPSA) is 103 Å². The average Bonchev–Trinajstić information content (AvgIpc) is 3.30. The number of amides is 2. The number of benzene rings is 2. The van der Waals surface area contributed by atoms with Crippen LogP contribution in [0.25, 0.3) is 5.69 Å². The van der Waals surface area contributed by atoms with Gasteiger partial charge in [-0.3, -0.25) is 9.59 Å². The summed E-state index contributed by atoms with van der Waals surface area (Å²) in [5, 5.41) is 7.37. The Morgan fingerprint density at radius 2 is 1.86 bits per heavy atom. The summed E-state index contributed by atoms with van der Waals surface area (Å²) < 4.78 is 12.2. The van der Waals surface area contributed by atoms with Crippen LogP contribution in [0.5, 0.6) is 5.75 Å². The Hall–Kier alpha value is -3.85. The van der Waals surface area contributed by atoms with Crippen molar-refractivity contribution >= 4 is 40.8 Å². The van der Waals surface area contributed by atoms with Gasteiger partial charge in [-0.15, -0.1) is 11.6 Å². The van der Waals surface area contributed by atoms with Gasteiger partial charge in [0.1, 0.15) is 17.1 Å². The molecule has 1 aliphatic heterocycles. The maximum absolute atomic E-state index is 13.8. The van der Waals surface area contributed by atoms with Crippen LogP contribution in [-0.2, 0) is 16.0 Å². The Balaban J connectivity index is 1.64. The number of halogens is 1. The summed E-state index contributed by atoms with van der Waals surface area (Å²) >= 11 is 5.67. The van der Waals surface area contributed by atoms with Crippen molar-refractivity contribution in [3.63, 3.8) is 0 Å². The standard InChI is InChI=1S/C27H29ClN4O5/c1-3-37-27(35)24-20-15-17-31(19-13-11-18(12-14-19)29-23(33)10-6-7-16-28)26(34)25(20)32(30-24)21-8-4-5-9-22(21)36-2/h4-5,8-9,11-14H,3,6-7,10,15-17H2,1-2H3,(H,29,33). The summed E-state index contributed by atoms with van der Waals surface area (Å²) in [4.78, 5) is 40.2. The Morgan fingerprint density at radius 3 is 2.57 bits per heavy atom. The van der Waals surface area contributed by atoms with Gasteiger partial charge in [-0.1, -0.05) is 12.1 Å². The first kappa shape index (κ1) is 26.2. The van der Waals surface area contributed by atoms with Gasteiger partial charge in [0, 0.05) is 35.8 Å². The Labute approximate surface area is 220 Å². The van der Waals surface area contributed by atoms with Gasteiger partial charge in [-0.25, -0.2) is 9.48 Å². The monoisotopic (exact) mass is 524 g/mol. The molecular weight excluding hydrogens is 496 g/mol. The van der Waals surface area contributed by atoms with Gasteiger partial charge >= 0.3 is 5.97 Å². The molecule has 0 atom stereocenters. The number of methoxy groups -OCH3 is 1. The van der Waals surface area contributed by atoms with Crippen molar-refractivity contribution in [3.8, 4) is 11.4 Å². The third kappa shape index (κ3) is 5.61. The molecule has 9 nitrogen and oxygen atoms in total. The maximum Gasteiger partial charge on any atom is 0.359 e. The first-order valence-corrected chi connectivity index (χ1v) is 12.7. The number of para-hydroxylation sites is 2. The summed E-state index contributed by atoms with van der Waals surface area (Å²) in [7, 11) is 1.54. The first-order chi connectivity index (χ1) is 18.0. The molecule has 2 amide bonds. The predicted molar refractivity (Wildman–Crippen MR) is 141 cm³/mol. The number of nitrogens with zero attached hydrogens (tertiary/aromatic N) is 3. The number of ether oxygens (including phenoxy) is 2. The minimum atomic E-state index is -0.570. The number of esters is 1. The zero-order valence-electron chi connectivity index (χ0n) is 20.8. The van der Waals surface area contributed by atoms with Crippen LogP contribution in [0.2, 0.25) is 0 Å². The predicted octanol–water partition coefficient (Wildman–Crippen LogP) is 4.61. The number of nitrogens with one attached hydrogen (secondary N) is 1. The molecule has 37 heavy (non-hydrogen) atoms. The van der Waals surface area contributed by atoms with Crippen LogP contribution in [0.3, 0.4) is 0 Å². The van der Waals surface area contributed by atoms with Gasteiger partial charge in [-0.2, -0.15) is 5.10 Å². The number of aromatic nitrogens is 2. The number of carbonyl (C=O) groups excluding carboxylic acids is 3. The average molecular weight is 525 g/mol. The minimum Gasteiger partial charge on any atom is -0.494 e. The Bertz CT molecular complexity index is 1290. The SMILES string of the molecule is CCOC(=O)c1nn(-c2ccccc2OC)c2c1CCN(c1ccc(NC(=O)CCCCCl)cc1)C2=O. The minimum absolute atomic E-state index is 0.0798. The number of carbonyl (C=O) groups is 3. The van der Waals surface area contributed by atoms with E-state index in [1.54, 1.807) is 48.2 Å². The van der Waals surface area contributed by atoms with Crippen LogP contribution in [0.4, 0.5) is 11.4 Å². The quantitative estimate of drug-likeness (QED) is 0.236. The van der Waals surface area contributed by atoms with Crippen molar-refractivity contribution in [2.45, 2.75) is 32.6 Å². The molecule has 3 aromatic rings. The molecule has 0 fully saturated rings. The third-order valence-electron chi connectivity index (χ3n) is 6.05. The molecule has 1 aliphatic rings. The number of hydrogen-bond donors (Lipinski definition) is 1. The lowest BCUT2D eigenvalue weighted by Crippen LogP contribution is -2.39. The van der Waals surface area contributed by atoms with Crippen LogP contribution in [-0.4, -0.2) is 53.7 Å². The van der Waals surface area contributed by atoms with Crippen LogP contribution >= 0.6 is 11.6 Å². The van der Waals surface area contributed by atoms with Crippen LogP contribution in [0.15, 0.2) is 48.5 Å². The third-order valence-corrected chi connectivity index (χ3v) is 6.32. The summed E-state index contributed by atoms with van der Waals surface area (Å²) in [5.41, 5.74) is 2.82. The fraction of sp³-hybridized carbons (Fsp3) is 0.333. The van der Waals surface area contributed by atoms with E-state index in [1.165, 1.54) is 11.8 Å². The normalized spacial score (nSPS) is 12.7. The molecule has 2 heterocycles. The van der Waals surface area contributed by atoms with Crippen LogP contribution in [0, 0.1) is 0 Å². The fourth-order valence-electron chi connectivity index (χ4n) is 4.28. The fourth-order valence-corrected chi connectivity index (χ4v) is 4.47. The molecule has 0 spiro atoms. The number of fused-ring (bicyclic) bond motifs is 1. The molecule has 0 saturated heterocycles. The van der Waals surface area contributed by atoms with Gasteiger partial charge in [0.15, 0.2) is 5.69 Å². The van der Waals surface area contributed by atoms with E-state index >= 15 is 0 Å². The summed E-state index contributed by atoms with van der Waals surface area (Å²) in [6.45, 7) is 2.28. The molecular formula is C27H29ClN4O5. The number of anilines is 2. The summed E-state index contributed by atoms with van der Waals surface area (Å²) in [6.07, 6.45) is 2.34. The lowest BCUT2D eigenvalue weighted by atomic mass is 10.0. The first-order valence-electron chi connectivity index (χ1n) is 12.2. The van der Waals surface area contributed by atoms with Crippen molar-refractivity contribution in [1.29, 1.82) is 0 Å². The lowest BCUT2D eigenvalue weighted by Gasteiger charge is -2.28. The molecule has 1 aromatic heterocycles. The van der Waals surface area contributed by atoms with Crippen LogP contribution < -0.4 is 15.0 Å². The summed E-state index contributed by atoms with van der Waals surface area (Å²) in [5.74, 6) is 0.0982. The van der Waals surface area contributed by atoms with E-state index in [-0.39, 0.29) is 29.8 Å². The van der Waals surface area contributed by atoms with Crippen LogP contribution in [0.1, 0.15) is 52.7 Å². The molecule has 10 heteroatoms. The van der Waals surface area contributed by atoms with Gasteiger partial charge in [0.2, 0.25) is 5.91 Å². The second-order valence-electron chi connectivity index (χ2n) is 8.43. The number of hydrogen-bond acceptors (Lipinski definition) is 6. The van der Waals surface area contributed by atoms with E-state index in [2.05, 4.69) is 10.4 Å². The van der Waals surface area contributed by atoms with E-state index in [4.69, 9.17) is 21.1 Å². The second-order valence-corrected chi connectivity index (χ2v) is 8.81. The van der Waals surface area contributed by atoms with Crippen molar-refractivity contribution in [2.24, 2.45) is 0 Å². The molecule has 0 bridgehead atoms. The zero-order chi connectivity index (χ0) is 26.4. The molecule has 0 saturated carbocycles. The smallest absolute Gasteiger partial charge is 0.359 e. The van der Waals surface area contributed by atoms with Crippen molar-refractivity contribution in [1.82, 2.24) is 9.78 Å². The maximum atomic E-state index is 13.8. The number of rotatable bonds is 10. The van der Waals surface area contributed by atoms with Crippen molar-refractivity contribution in [2.75, 3.05) is 36.4 Å². The lowest BCUT2D eigenvalue weighted by molar-refractivity contribution is -0.116. The molecule has 1 N–H and O–H groups in total. The molecule has 4 rings (SSSR count). The highest BCUT2D eigenvalue weighted by Crippen LogP contribution is 2.32. The molecule has 0 aliphatic carbocycles. The van der Waals surface area contributed by atoms with E-state index in [1.807, 2.05) is 12.1 Å². The van der Waals surface area contributed by atoms with E-state index in [0.29, 0.717) is 53.6 Å². The van der Waals surface area contributed by atoms with Gasteiger partial charge in [0.05, 0.1) is 13.7 Å². The van der Waals surface area contributed by atoms with Crippen molar-refractivity contribution in [3.05, 3.63) is 65.5 Å².